The summed E-state index contributed by atoms with van der Waals surface area (Å²) in [7, 11) is 0. The number of nitrogen functional groups attached to an aromatic ring is 1. The number of fused-ring (bicyclic) bond motifs is 1. The van der Waals surface area contributed by atoms with Crippen LogP contribution in [0, 0.1) is 0 Å². The number of carbonyl (C=O) groups excluding carboxylic acids is 1. The van der Waals surface area contributed by atoms with Gasteiger partial charge in [-0.15, -0.1) is 0 Å². The van der Waals surface area contributed by atoms with Crippen LogP contribution in [0.4, 0.5) is 5.69 Å². The third-order valence-electron chi connectivity index (χ3n) is 3.47. The van der Waals surface area contributed by atoms with E-state index in [-0.39, 0.29) is 24.4 Å². The molecule has 0 bridgehead atoms. The average Bonchev–Trinajstić information content (AvgIpc) is 3.11. The van der Waals surface area contributed by atoms with Crippen molar-refractivity contribution in [2.45, 2.75) is 11.7 Å². The van der Waals surface area contributed by atoms with Crippen molar-refractivity contribution in [3.8, 4) is 5.75 Å². The minimum Gasteiger partial charge on any atom is -0.491 e. The van der Waals surface area contributed by atoms with E-state index in [1.807, 2.05) is 12.1 Å². The lowest BCUT2D eigenvalue weighted by Crippen LogP contribution is -2.18. The minimum absolute atomic E-state index is 0.0506. The molecule has 0 aliphatic carbocycles. The number of carbonyl (C=O) groups is 1. The van der Waals surface area contributed by atoms with Crippen LogP contribution >= 0.6 is 11.8 Å². The van der Waals surface area contributed by atoms with Gasteiger partial charge in [-0.1, -0.05) is 11.8 Å². The van der Waals surface area contributed by atoms with Crippen LogP contribution in [0.5, 0.6) is 5.75 Å². The number of anilines is 1. The fourth-order valence-electron chi connectivity index (χ4n) is 2.50. The van der Waals surface area contributed by atoms with Gasteiger partial charge in [0.1, 0.15) is 17.4 Å². The highest BCUT2D eigenvalue weighted by Gasteiger charge is 2.23. The number of aliphatic hydroxyl groups is 1. The van der Waals surface area contributed by atoms with Crippen molar-refractivity contribution in [3.63, 3.8) is 0 Å². The number of nitrogens with zero attached hydrogens (tertiary/aromatic N) is 1. The highest BCUT2D eigenvalue weighted by Crippen LogP contribution is 2.32. The van der Waals surface area contributed by atoms with Crippen molar-refractivity contribution in [2.24, 2.45) is 10.7 Å². The number of hydrogen-bond acceptors (Lipinski definition) is 6. The maximum atomic E-state index is 11.0. The first-order chi connectivity index (χ1) is 11.1. The number of nitrogens with two attached hydrogens (primary N) is 2. The molecule has 1 amide bonds. The standard InChI is InChI=1S/C15H18N4O3S/c16-11-5-9(22-2-1-20)3-8-4-12(19-14(8)11)15-18-7-10(23-15)6-13(17)21/h3-5,10,19-20H,1-2,6-7,16H2,(H2,17,21). The Kier molecular flexibility index (Phi) is 4.44. The molecule has 1 unspecified atom stereocenters. The van der Waals surface area contributed by atoms with Crippen molar-refractivity contribution >= 4 is 39.3 Å². The lowest BCUT2D eigenvalue weighted by atomic mass is 10.2. The van der Waals surface area contributed by atoms with Crippen molar-refractivity contribution < 1.29 is 14.6 Å². The van der Waals surface area contributed by atoms with Gasteiger partial charge in [-0.2, -0.15) is 0 Å². The molecule has 0 radical (unpaired) electrons. The van der Waals surface area contributed by atoms with E-state index >= 15 is 0 Å². The van der Waals surface area contributed by atoms with Gasteiger partial charge in [0, 0.05) is 23.1 Å². The van der Waals surface area contributed by atoms with Gasteiger partial charge in [-0.3, -0.25) is 9.79 Å². The van der Waals surface area contributed by atoms with Gasteiger partial charge in [0.15, 0.2) is 0 Å². The number of amides is 1. The molecule has 3 rings (SSSR count). The summed E-state index contributed by atoms with van der Waals surface area (Å²) in [5.41, 5.74) is 13.5. The fourth-order valence-corrected chi connectivity index (χ4v) is 3.60. The van der Waals surface area contributed by atoms with E-state index in [2.05, 4.69) is 9.98 Å². The highest BCUT2D eigenvalue weighted by atomic mass is 32.2. The van der Waals surface area contributed by atoms with Crippen LogP contribution in [0.15, 0.2) is 23.2 Å². The van der Waals surface area contributed by atoms with Gasteiger partial charge < -0.3 is 26.3 Å². The van der Waals surface area contributed by atoms with Gasteiger partial charge in [-0.05, 0) is 12.1 Å². The highest BCUT2D eigenvalue weighted by molar-refractivity contribution is 8.15. The fraction of sp³-hybridized carbons (Fsp3) is 0.333. The Morgan fingerprint density at radius 2 is 2.30 bits per heavy atom. The Bertz CT molecular complexity index is 771. The smallest absolute Gasteiger partial charge is 0.218 e. The molecule has 23 heavy (non-hydrogen) atoms. The lowest BCUT2D eigenvalue weighted by Gasteiger charge is -2.05. The first-order valence-corrected chi connectivity index (χ1v) is 8.10. The first kappa shape index (κ1) is 15.7. The Morgan fingerprint density at radius 1 is 1.48 bits per heavy atom. The summed E-state index contributed by atoms with van der Waals surface area (Å²) in [6.07, 6.45) is 0.319. The van der Waals surface area contributed by atoms with Gasteiger partial charge in [0.2, 0.25) is 5.91 Å². The zero-order valence-electron chi connectivity index (χ0n) is 12.4. The van der Waals surface area contributed by atoms with Crippen LogP contribution in [-0.4, -0.2) is 46.0 Å². The first-order valence-electron chi connectivity index (χ1n) is 7.22. The number of nitrogens with one attached hydrogen (secondary N) is 1. The lowest BCUT2D eigenvalue weighted by molar-refractivity contribution is -0.117. The SMILES string of the molecule is NC(=O)CC1CN=C(c2cc3cc(OCCO)cc(N)c3[nH]2)S1. The van der Waals surface area contributed by atoms with E-state index in [1.165, 1.54) is 0 Å². The second kappa shape index (κ2) is 6.51. The van der Waals surface area contributed by atoms with E-state index in [9.17, 15) is 4.79 Å². The van der Waals surface area contributed by atoms with Crippen LogP contribution in [0.2, 0.25) is 0 Å². The molecular formula is C15H18N4O3S. The van der Waals surface area contributed by atoms with E-state index in [1.54, 1.807) is 17.8 Å². The molecule has 0 spiro atoms. The Labute approximate surface area is 137 Å². The van der Waals surface area contributed by atoms with Gasteiger partial charge in [-0.25, -0.2) is 0 Å². The van der Waals surface area contributed by atoms with Crippen molar-refractivity contribution in [2.75, 3.05) is 25.5 Å². The maximum Gasteiger partial charge on any atom is 0.218 e. The number of hydrogen-bond donors (Lipinski definition) is 4. The van der Waals surface area contributed by atoms with E-state index in [0.717, 1.165) is 21.6 Å². The average molecular weight is 334 g/mol. The molecule has 2 heterocycles. The number of primary amides is 1. The Balaban J connectivity index is 1.83. The maximum absolute atomic E-state index is 11.0. The molecule has 8 heteroatoms. The molecule has 1 aliphatic heterocycles. The van der Waals surface area contributed by atoms with E-state index in [4.69, 9.17) is 21.3 Å². The van der Waals surface area contributed by atoms with Crippen LogP contribution in [0.1, 0.15) is 12.1 Å². The second-order valence-corrected chi connectivity index (χ2v) is 6.58. The van der Waals surface area contributed by atoms with Crippen LogP contribution < -0.4 is 16.2 Å². The molecule has 0 saturated heterocycles. The van der Waals surface area contributed by atoms with E-state index < -0.39 is 0 Å². The van der Waals surface area contributed by atoms with Gasteiger partial charge in [0.05, 0.1) is 30.0 Å². The summed E-state index contributed by atoms with van der Waals surface area (Å²) in [6.45, 7) is 0.753. The minimum atomic E-state index is -0.314. The van der Waals surface area contributed by atoms with Crippen LogP contribution in [0.3, 0.4) is 0 Å². The number of aromatic amines is 1. The monoisotopic (exact) mass is 334 g/mol. The predicted octanol–water partition coefficient (Wildman–Crippen LogP) is 0.859. The molecule has 1 aromatic carbocycles. The molecule has 2 aromatic rings. The zero-order chi connectivity index (χ0) is 16.4. The number of ether oxygens (including phenoxy) is 1. The molecule has 0 fully saturated rings. The number of aliphatic hydroxyl groups excluding tert-OH is 1. The van der Waals surface area contributed by atoms with Gasteiger partial charge >= 0.3 is 0 Å². The largest absolute Gasteiger partial charge is 0.491 e. The third kappa shape index (κ3) is 3.43. The predicted molar refractivity (Wildman–Crippen MR) is 91.9 cm³/mol. The summed E-state index contributed by atoms with van der Waals surface area (Å²) in [6, 6.07) is 5.54. The number of aromatic nitrogens is 1. The van der Waals surface area contributed by atoms with Crippen molar-refractivity contribution in [1.82, 2.24) is 4.98 Å². The number of thioether (sulfide) groups is 1. The second-order valence-electron chi connectivity index (χ2n) is 5.29. The number of benzene rings is 1. The summed E-state index contributed by atoms with van der Waals surface area (Å²) in [5.74, 6) is 0.299. The Morgan fingerprint density at radius 3 is 3.04 bits per heavy atom. The summed E-state index contributed by atoms with van der Waals surface area (Å²) in [5, 5.41) is 10.7. The quantitative estimate of drug-likeness (QED) is 0.583. The van der Waals surface area contributed by atoms with E-state index in [0.29, 0.717) is 24.4 Å². The zero-order valence-corrected chi connectivity index (χ0v) is 13.2. The van der Waals surface area contributed by atoms with Crippen molar-refractivity contribution in [1.29, 1.82) is 0 Å². The Hall–Kier alpha value is -2.19. The topological polar surface area (TPSA) is 127 Å². The van der Waals surface area contributed by atoms with Crippen LogP contribution in [-0.2, 0) is 4.79 Å². The molecular weight excluding hydrogens is 316 g/mol. The molecule has 6 N–H and O–H groups in total. The number of H-pyrrole nitrogens is 1. The number of rotatable bonds is 6. The molecule has 1 atom stereocenters. The molecule has 7 nitrogen and oxygen atoms in total. The van der Waals surface area contributed by atoms with Gasteiger partial charge in [0.25, 0.3) is 0 Å². The molecule has 122 valence electrons. The number of aliphatic imine (C=N–C) groups is 1. The molecule has 0 saturated carbocycles. The third-order valence-corrected chi connectivity index (χ3v) is 4.69. The van der Waals surface area contributed by atoms with Crippen molar-refractivity contribution in [3.05, 3.63) is 23.9 Å². The normalized spacial score (nSPS) is 17.4. The summed E-state index contributed by atoms with van der Waals surface area (Å²) in [4.78, 5) is 18.7. The molecule has 1 aliphatic rings. The van der Waals surface area contributed by atoms with Crippen LogP contribution in [0.25, 0.3) is 10.9 Å². The summed E-state index contributed by atoms with van der Waals surface area (Å²) >= 11 is 1.54. The summed E-state index contributed by atoms with van der Waals surface area (Å²) < 4.78 is 5.41. The molecule has 1 aromatic heterocycles.